The van der Waals surface area contributed by atoms with Crippen LogP contribution in [0.5, 0.6) is 5.75 Å². The van der Waals surface area contributed by atoms with Gasteiger partial charge in [0.1, 0.15) is 12.3 Å². The lowest BCUT2D eigenvalue weighted by molar-refractivity contribution is -0.155. The average molecular weight is 429 g/mol. The van der Waals surface area contributed by atoms with Gasteiger partial charge in [-0.2, -0.15) is 0 Å². The van der Waals surface area contributed by atoms with E-state index in [1.807, 2.05) is 6.92 Å². The highest BCUT2D eigenvalue weighted by atomic mass is 16.5. The van der Waals surface area contributed by atoms with E-state index in [9.17, 15) is 14.4 Å². The number of hydrogen-bond donors (Lipinski definition) is 2. The highest BCUT2D eigenvalue weighted by Crippen LogP contribution is 2.55. The monoisotopic (exact) mass is 428 g/mol. The maximum atomic E-state index is 12.7. The van der Waals surface area contributed by atoms with E-state index in [2.05, 4.69) is 10.6 Å². The Hall–Kier alpha value is -2.57. The highest BCUT2D eigenvalue weighted by Gasteiger charge is 2.51. The van der Waals surface area contributed by atoms with Crippen molar-refractivity contribution < 1.29 is 23.9 Å². The van der Waals surface area contributed by atoms with E-state index in [1.165, 1.54) is 19.3 Å². The van der Waals surface area contributed by atoms with Crippen molar-refractivity contribution in [3.63, 3.8) is 0 Å². The summed E-state index contributed by atoms with van der Waals surface area (Å²) in [7, 11) is 0. The molecule has 0 radical (unpaired) electrons. The Morgan fingerprint density at radius 2 is 1.61 bits per heavy atom. The first kappa shape index (κ1) is 21.7. The van der Waals surface area contributed by atoms with Crippen LogP contribution in [-0.4, -0.2) is 42.6 Å². The number of rotatable bonds is 8. The Kier molecular flexibility index (Phi) is 6.21. The molecule has 4 bridgehead atoms. The minimum absolute atomic E-state index is 0.117. The summed E-state index contributed by atoms with van der Waals surface area (Å²) in [4.78, 5) is 37.1. The molecule has 4 fully saturated rings. The molecule has 0 saturated heterocycles. The molecule has 1 atom stereocenters. The van der Waals surface area contributed by atoms with E-state index in [-0.39, 0.29) is 23.9 Å². The number of ether oxygens (including phenoxy) is 2. The fourth-order valence-corrected chi connectivity index (χ4v) is 6.04. The lowest BCUT2D eigenvalue weighted by Gasteiger charge is -2.57. The molecule has 0 spiro atoms. The molecule has 2 amide bonds. The van der Waals surface area contributed by atoms with Crippen LogP contribution in [0.3, 0.4) is 0 Å². The first-order valence-electron chi connectivity index (χ1n) is 11.4. The molecule has 2 N–H and O–H groups in total. The number of amides is 2. The molecule has 5 rings (SSSR count). The van der Waals surface area contributed by atoms with E-state index in [0.717, 1.165) is 37.0 Å². The van der Waals surface area contributed by atoms with Gasteiger partial charge in [-0.25, -0.2) is 0 Å². The van der Waals surface area contributed by atoms with Crippen molar-refractivity contribution in [2.45, 2.75) is 64.0 Å². The van der Waals surface area contributed by atoms with E-state index < -0.39 is 12.1 Å². The normalized spacial score (nSPS) is 29.2. The summed E-state index contributed by atoms with van der Waals surface area (Å²) in [5, 5.41) is 5.76. The largest absolute Gasteiger partial charge is 0.494 e. The van der Waals surface area contributed by atoms with Gasteiger partial charge in [0.25, 0.3) is 11.8 Å². The lowest BCUT2D eigenvalue weighted by Crippen LogP contribution is -2.61. The van der Waals surface area contributed by atoms with E-state index in [1.54, 1.807) is 31.2 Å². The van der Waals surface area contributed by atoms with Crippen LogP contribution in [0.2, 0.25) is 0 Å². The molecule has 7 heteroatoms. The molecule has 0 aromatic heterocycles. The second-order valence-electron chi connectivity index (χ2n) is 9.46. The molecular weight excluding hydrogens is 396 g/mol. The quantitative estimate of drug-likeness (QED) is 0.621. The molecule has 7 nitrogen and oxygen atoms in total. The maximum absolute atomic E-state index is 12.7. The van der Waals surface area contributed by atoms with Gasteiger partial charge in [0.2, 0.25) is 0 Å². The number of hydrogen-bond acceptors (Lipinski definition) is 5. The van der Waals surface area contributed by atoms with Gasteiger partial charge in [0.15, 0.2) is 6.10 Å². The summed E-state index contributed by atoms with van der Waals surface area (Å²) in [6.07, 6.45) is 6.15. The van der Waals surface area contributed by atoms with Crippen LogP contribution < -0.4 is 15.4 Å². The standard InChI is InChI=1S/C24H32N2O5/c1-3-30-20-6-4-19(5-7-20)23(29)25-14-21(27)31-15(2)22(28)26-24-11-16-8-17(12-24)10-18(9-16)13-24/h4-7,15-18H,3,8-14H2,1-2H3,(H,25,29)(H,26,28)/t15-,16?,17?,18?,24?/m1/s1. The minimum atomic E-state index is -0.886. The van der Waals surface area contributed by atoms with Crippen molar-refractivity contribution in [2.24, 2.45) is 17.8 Å². The third-order valence-electron chi connectivity index (χ3n) is 6.92. The average Bonchev–Trinajstić information content (AvgIpc) is 2.71. The van der Waals surface area contributed by atoms with Crippen LogP contribution in [0.25, 0.3) is 0 Å². The second kappa shape index (κ2) is 8.89. The zero-order valence-corrected chi connectivity index (χ0v) is 18.3. The Morgan fingerprint density at radius 3 is 2.16 bits per heavy atom. The molecule has 1 aromatic carbocycles. The van der Waals surface area contributed by atoms with Crippen molar-refractivity contribution in [1.29, 1.82) is 0 Å². The Morgan fingerprint density at radius 1 is 1.03 bits per heavy atom. The number of carbonyl (C=O) groups is 3. The number of esters is 1. The number of benzene rings is 1. The smallest absolute Gasteiger partial charge is 0.326 e. The Bertz CT molecular complexity index is 800. The molecule has 31 heavy (non-hydrogen) atoms. The molecule has 4 aliphatic carbocycles. The third-order valence-corrected chi connectivity index (χ3v) is 6.92. The molecule has 1 aromatic rings. The minimum Gasteiger partial charge on any atom is -0.494 e. The number of carbonyl (C=O) groups excluding carboxylic acids is 3. The van der Waals surface area contributed by atoms with Crippen LogP contribution in [-0.2, 0) is 14.3 Å². The molecule has 168 valence electrons. The summed E-state index contributed by atoms with van der Waals surface area (Å²) in [5.74, 6) is 1.59. The number of nitrogens with one attached hydrogen (secondary N) is 2. The molecule has 4 saturated carbocycles. The van der Waals surface area contributed by atoms with Crippen molar-refractivity contribution in [3.8, 4) is 5.75 Å². The molecule has 0 aliphatic heterocycles. The van der Waals surface area contributed by atoms with Gasteiger partial charge in [-0.1, -0.05) is 0 Å². The first-order chi connectivity index (χ1) is 14.9. The van der Waals surface area contributed by atoms with E-state index in [0.29, 0.717) is 17.9 Å². The summed E-state index contributed by atoms with van der Waals surface area (Å²) in [5.41, 5.74) is 0.304. The molecule has 4 aliphatic rings. The van der Waals surface area contributed by atoms with Crippen LogP contribution in [0.1, 0.15) is 62.7 Å². The predicted octanol–water partition coefficient (Wildman–Crippen LogP) is 2.83. The van der Waals surface area contributed by atoms with Crippen LogP contribution in [0.15, 0.2) is 24.3 Å². The summed E-state index contributed by atoms with van der Waals surface area (Å²) >= 11 is 0. The van der Waals surface area contributed by atoms with Crippen molar-refractivity contribution in [1.82, 2.24) is 10.6 Å². The van der Waals surface area contributed by atoms with Gasteiger partial charge in [-0.15, -0.1) is 0 Å². The Balaban J connectivity index is 1.23. The summed E-state index contributed by atoms with van der Waals surface area (Å²) < 4.78 is 10.6. The zero-order valence-electron chi connectivity index (χ0n) is 18.3. The van der Waals surface area contributed by atoms with Crippen molar-refractivity contribution >= 4 is 17.8 Å². The van der Waals surface area contributed by atoms with Crippen LogP contribution >= 0.6 is 0 Å². The van der Waals surface area contributed by atoms with Gasteiger partial charge >= 0.3 is 5.97 Å². The van der Waals surface area contributed by atoms with Crippen LogP contribution in [0, 0.1) is 17.8 Å². The fourth-order valence-electron chi connectivity index (χ4n) is 6.04. The fraction of sp³-hybridized carbons (Fsp3) is 0.625. The lowest BCUT2D eigenvalue weighted by atomic mass is 9.53. The molecule has 0 unspecified atom stereocenters. The first-order valence-corrected chi connectivity index (χ1v) is 11.4. The third kappa shape index (κ3) is 5.02. The molecule has 0 heterocycles. The maximum Gasteiger partial charge on any atom is 0.326 e. The van der Waals surface area contributed by atoms with Crippen molar-refractivity contribution in [3.05, 3.63) is 29.8 Å². The Labute approximate surface area is 183 Å². The van der Waals surface area contributed by atoms with Gasteiger partial charge in [-0.3, -0.25) is 14.4 Å². The van der Waals surface area contributed by atoms with E-state index >= 15 is 0 Å². The van der Waals surface area contributed by atoms with Crippen molar-refractivity contribution in [2.75, 3.05) is 13.2 Å². The molecular formula is C24H32N2O5. The SMILES string of the molecule is CCOc1ccc(C(=O)NCC(=O)O[C@H](C)C(=O)NC23CC4CC(CC(C4)C2)C3)cc1. The van der Waals surface area contributed by atoms with Gasteiger partial charge in [-0.05, 0) is 94.4 Å². The predicted molar refractivity (Wildman–Crippen MR) is 115 cm³/mol. The zero-order chi connectivity index (χ0) is 22.0. The topological polar surface area (TPSA) is 93.7 Å². The van der Waals surface area contributed by atoms with E-state index in [4.69, 9.17) is 9.47 Å². The van der Waals surface area contributed by atoms with Gasteiger partial charge in [0, 0.05) is 11.1 Å². The van der Waals surface area contributed by atoms with Gasteiger partial charge in [0.05, 0.1) is 6.61 Å². The summed E-state index contributed by atoms with van der Waals surface area (Å²) in [6, 6.07) is 6.67. The highest BCUT2D eigenvalue weighted by molar-refractivity contribution is 5.96. The van der Waals surface area contributed by atoms with Crippen LogP contribution in [0.4, 0.5) is 0 Å². The second-order valence-corrected chi connectivity index (χ2v) is 9.46. The van der Waals surface area contributed by atoms with Gasteiger partial charge < -0.3 is 20.1 Å². The summed E-state index contributed by atoms with van der Waals surface area (Å²) in [6.45, 7) is 3.73.